The van der Waals surface area contributed by atoms with Gasteiger partial charge in [-0.3, -0.25) is 4.79 Å². The smallest absolute Gasteiger partial charge is 0.281 e. The van der Waals surface area contributed by atoms with E-state index in [1.807, 2.05) is 4.90 Å². The van der Waals surface area contributed by atoms with Gasteiger partial charge in [0, 0.05) is 18.8 Å². The SMILES string of the molecule is CCCN(CCC)C(=O)SCC1CCC1. The highest BCUT2D eigenvalue weighted by molar-refractivity contribution is 8.13. The van der Waals surface area contributed by atoms with E-state index in [0.717, 1.165) is 37.6 Å². The van der Waals surface area contributed by atoms with E-state index in [1.165, 1.54) is 31.0 Å². The van der Waals surface area contributed by atoms with Gasteiger partial charge >= 0.3 is 0 Å². The third kappa shape index (κ3) is 4.45. The van der Waals surface area contributed by atoms with Gasteiger partial charge in [-0.25, -0.2) is 0 Å². The van der Waals surface area contributed by atoms with E-state index >= 15 is 0 Å². The van der Waals surface area contributed by atoms with E-state index < -0.39 is 0 Å². The molecule has 0 saturated heterocycles. The van der Waals surface area contributed by atoms with Crippen LogP contribution in [0.2, 0.25) is 0 Å². The topological polar surface area (TPSA) is 20.3 Å². The Morgan fingerprint density at radius 1 is 1.27 bits per heavy atom. The maximum atomic E-state index is 11.9. The molecule has 0 N–H and O–H groups in total. The second kappa shape index (κ2) is 7.15. The van der Waals surface area contributed by atoms with E-state index in [4.69, 9.17) is 0 Å². The van der Waals surface area contributed by atoms with Crippen molar-refractivity contribution in [3.63, 3.8) is 0 Å². The van der Waals surface area contributed by atoms with E-state index in [9.17, 15) is 4.79 Å². The molecule has 15 heavy (non-hydrogen) atoms. The molecule has 3 heteroatoms. The molecule has 1 amide bonds. The van der Waals surface area contributed by atoms with Crippen molar-refractivity contribution in [2.75, 3.05) is 18.8 Å². The molecule has 0 aromatic carbocycles. The molecule has 88 valence electrons. The second-order valence-electron chi connectivity index (χ2n) is 4.36. The molecule has 0 aromatic rings. The van der Waals surface area contributed by atoms with Gasteiger partial charge in [0.1, 0.15) is 0 Å². The summed E-state index contributed by atoms with van der Waals surface area (Å²) >= 11 is 1.54. The zero-order valence-corrected chi connectivity index (χ0v) is 10.8. The van der Waals surface area contributed by atoms with E-state index in [1.54, 1.807) is 0 Å². The van der Waals surface area contributed by atoms with Crippen LogP contribution >= 0.6 is 11.8 Å². The Kier molecular flexibility index (Phi) is 6.15. The van der Waals surface area contributed by atoms with Crippen molar-refractivity contribution in [2.45, 2.75) is 46.0 Å². The number of nitrogens with zero attached hydrogens (tertiary/aromatic N) is 1. The van der Waals surface area contributed by atoms with Crippen molar-refractivity contribution in [3.05, 3.63) is 0 Å². The van der Waals surface area contributed by atoms with Crippen LogP contribution in [0.5, 0.6) is 0 Å². The van der Waals surface area contributed by atoms with Crippen LogP contribution < -0.4 is 0 Å². The summed E-state index contributed by atoms with van der Waals surface area (Å²) in [5.41, 5.74) is 0. The van der Waals surface area contributed by atoms with Gasteiger partial charge in [-0.1, -0.05) is 32.0 Å². The van der Waals surface area contributed by atoms with Crippen LogP contribution in [0.3, 0.4) is 0 Å². The first-order valence-corrected chi connectivity index (χ1v) is 7.18. The Morgan fingerprint density at radius 2 is 1.87 bits per heavy atom. The lowest BCUT2D eigenvalue weighted by molar-refractivity contribution is 0.223. The maximum absolute atomic E-state index is 11.9. The lowest BCUT2D eigenvalue weighted by atomic mass is 9.87. The Labute approximate surface area is 97.8 Å². The van der Waals surface area contributed by atoms with Crippen LogP contribution in [-0.4, -0.2) is 29.0 Å². The molecule has 1 fully saturated rings. The van der Waals surface area contributed by atoms with Gasteiger partial charge in [0.05, 0.1) is 0 Å². The predicted molar refractivity (Wildman–Crippen MR) is 67.4 cm³/mol. The molecule has 1 aliphatic rings. The summed E-state index contributed by atoms with van der Waals surface area (Å²) in [5.74, 6) is 1.87. The van der Waals surface area contributed by atoms with Crippen molar-refractivity contribution < 1.29 is 4.79 Å². The van der Waals surface area contributed by atoms with E-state index in [-0.39, 0.29) is 0 Å². The average Bonchev–Trinajstić information content (AvgIpc) is 2.15. The lowest BCUT2D eigenvalue weighted by Crippen LogP contribution is -2.30. The number of carbonyl (C=O) groups is 1. The largest absolute Gasteiger partial charge is 0.334 e. The van der Waals surface area contributed by atoms with Crippen LogP contribution in [0.25, 0.3) is 0 Å². The standard InChI is InChI=1S/C12H23NOS/c1-3-8-13(9-4-2)12(14)15-10-11-6-5-7-11/h11H,3-10H2,1-2H3. The first-order valence-electron chi connectivity index (χ1n) is 6.19. The minimum absolute atomic E-state index is 0.297. The molecule has 0 aromatic heterocycles. The summed E-state index contributed by atoms with van der Waals surface area (Å²) < 4.78 is 0. The Balaban J connectivity index is 2.20. The van der Waals surface area contributed by atoms with Crippen molar-refractivity contribution in [3.8, 4) is 0 Å². The van der Waals surface area contributed by atoms with Gasteiger partial charge in [-0.15, -0.1) is 0 Å². The Hall–Kier alpha value is -0.180. The Bertz CT molecular complexity index is 186. The van der Waals surface area contributed by atoms with Crippen LogP contribution in [0.15, 0.2) is 0 Å². The molecule has 0 atom stereocenters. The van der Waals surface area contributed by atoms with Crippen molar-refractivity contribution in [1.82, 2.24) is 4.90 Å². The number of hydrogen-bond donors (Lipinski definition) is 0. The number of hydrogen-bond acceptors (Lipinski definition) is 2. The highest BCUT2D eigenvalue weighted by Crippen LogP contribution is 2.30. The van der Waals surface area contributed by atoms with E-state index in [2.05, 4.69) is 13.8 Å². The summed E-state index contributed by atoms with van der Waals surface area (Å²) in [5, 5.41) is 0.297. The first-order chi connectivity index (χ1) is 7.27. The highest BCUT2D eigenvalue weighted by Gasteiger charge is 2.20. The Morgan fingerprint density at radius 3 is 2.27 bits per heavy atom. The van der Waals surface area contributed by atoms with Crippen molar-refractivity contribution in [1.29, 1.82) is 0 Å². The van der Waals surface area contributed by atoms with Crippen LogP contribution in [0.4, 0.5) is 4.79 Å². The zero-order chi connectivity index (χ0) is 11.1. The second-order valence-corrected chi connectivity index (χ2v) is 5.33. The number of rotatable bonds is 6. The zero-order valence-electron chi connectivity index (χ0n) is 10.00. The van der Waals surface area contributed by atoms with Gasteiger partial charge < -0.3 is 4.90 Å². The normalized spacial score (nSPS) is 16.1. The third-order valence-corrected chi connectivity index (χ3v) is 4.06. The molecular weight excluding hydrogens is 206 g/mol. The molecule has 0 unspecified atom stereocenters. The highest BCUT2D eigenvalue weighted by atomic mass is 32.2. The fourth-order valence-electron chi connectivity index (χ4n) is 1.77. The molecule has 0 spiro atoms. The maximum Gasteiger partial charge on any atom is 0.281 e. The van der Waals surface area contributed by atoms with Gasteiger partial charge in [-0.2, -0.15) is 0 Å². The molecule has 1 rings (SSSR count). The minimum atomic E-state index is 0.297. The van der Waals surface area contributed by atoms with Crippen molar-refractivity contribution in [2.24, 2.45) is 5.92 Å². The summed E-state index contributed by atoms with van der Waals surface area (Å²) in [6, 6.07) is 0. The predicted octanol–water partition coefficient (Wildman–Crippen LogP) is 3.76. The average molecular weight is 229 g/mol. The molecule has 0 aliphatic heterocycles. The van der Waals surface area contributed by atoms with Gasteiger partial charge in [0.15, 0.2) is 0 Å². The van der Waals surface area contributed by atoms with Crippen molar-refractivity contribution >= 4 is 17.0 Å². The number of carbonyl (C=O) groups excluding carboxylic acids is 1. The van der Waals surface area contributed by atoms with Crippen LogP contribution in [0.1, 0.15) is 46.0 Å². The molecule has 1 saturated carbocycles. The summed E-state index contributed by atoms with van der Waals surface area (Å²) in [4.78, 5) is 13.9. The first kappa shape index (κ1) is 12.9. The minimum Gasteiger partial charge on any atom is -0.334 e. The molecule has 2 nitrogen and oxygen atoms in total. The lowest BCUT2D eigenvalue weighted by Gasteiger charge is -2.26. The number of amides is 1. The molecule has 0 heterocycles. The van der Waals surface area contributed by atoms with E-state index in [0.29, 0.717) is 5.24 Å². The van der Waals surface area contributed by atoms with Crippen LogP contribution in [-0.2, 0) is 0 Å². The van der Waals surface area contributed by atoms with Gasteiger partial charge in [0.25, 0.3) is 5.24 Å². The summed E-state index contributed by atoms with van der Waals surface area (Å²) in [6.07, 6.45) is 6.17. The molecule has 1 aliphatic carbocycles. The summed E-state index contributed by atoms with van der Waals surface area (Å²) in [7, 11) is 0. The summed E-state index contributed by atoms with van der Waals surface area (Å²) in [6.45, 7) is 6.10. The van der Waals surface area contributed by atoms with Gasteiger partial charge in [-0.05, 0) is 31.6 Å². The fraction of sp³-hybridized carbons (Fsp3) is 0.917. The quantitative estimate of drug-likeness (QED) is 0.691. The monoisotopic (exact) mass is 229 g/mol. The number of thioether (sulfide) groups is 1. The third-order valence-electron chi connectivity index (χ3n) is 2.91. The van der Waals surface area contributed by atoms with Crippen LogP contribution in [0, 0.1) is 5.92 Å². The fourth-order valence-corrected chi connectivity index (χ4v) is 2.85. The molecule has 0 bridgehead atoms. The molecule has 0 radical (unpaired) electrons. The molecular formula is C12H23NOS. The van der Waals surface area contributed by atoms with Gasteiger partial charge in [0.2, 0.25) is 0 Å².